The fourth-order valence-electron chi connectivity index (χ4n) is 1.70. The summed E-state index contributed by atoms with van der Waals surface area (Å²) in [5.74, 6) is -0.982. The maximum Gasteiger partial charge on any atom is 0.343 e. The number of carboxylic acids is 1. The fraction of sp³-hybridized carbons (Fsp3) is 0.556. The molecule has 6 nitrogen and oxygen atoms in total. The number of nitrogens with zero attached hydrogens (tertiary/aromatic N) is 1. The van der Waals surface area contributed by atoms with Gasteiger partial charge in [0, 0.05) is 6.61 Å². The first-order valence-corrected chi connectivity index (χ1v) is 4.80. The number of anilines is 1. The lowest BCUT2D eigenvalue weighted by atomic mass is 10.0. The van der Waals surface area contributed by atoms with Crippen molar-refractivity contribution in [1.29, 1.82) is 0 Å². The van der Waals surface area contributed by atoms with Crippen LogP contribution in [-0.4, -0.2) is 22.8 Å². The number of carboxylic acid groups (broad SMARTS) is 1. The molecule has 0 saturated carbocycles. The molecule has 1 aliphatic rings. The second-order valence-electron chi connectivity index (χ2n) is 3.47. The van der Waals surface area contributed by atoms with Gasteiger partial charge >= 0.3 is 5.97 Å². The number of ether oxygens (including phenoxy) is 1. The van der Waals surface area contributed by atoms with Crippen molar-refractivity contribution in [2.45, 2.75) is 25.4 Å². The van der Waals surface area contributed by atoms with Gasteiger partial charge in [-0.1, -0.05) is 5.16 Å². The van der Waals surface area contributed by atoms with Gasteiger partial charge in [0.1, 0.15) is 11.7 Å². The minimum absolute atomic E-state index is 0.0677. The summed E-state index contributed by atoms with van der Waals surface area (Å²) in [4.78, 5) is 10.9. The van der Waals surface area contributed by atoms with E-state index < -0.39 is 5.97 Å². The number of aromatic carboxylic acids is 1. The summed E-state index contributed by atoms with van der Waals surface area (Å²) in [5, 5.41) is 12.4. The van der Waals surface area contributed by atoms with Crippen molar-refractivity contribution in [3.8, 4) is 0 Å². The molecule has 1 aromatic heterocycles. The maximum absolute atomic E-state index is 10.9. The monoisotopic (exact) mass is 212 g/mol. The van der Waals surface area contributed by atoms with Gasteiger partial charge in [-0.25, -0.2) is 4.79 Å². The molecule has 1 unspecified atom stereocenters. The Hall–Kier alpha value is -1.56. The lowest BCUT2D eigenvalue weighted by molar-refractivity contribution is -0.00236. The van der Waals surface area contributed by atoms with E-state index in [0.717, 1.165) is 19.3 Å². The molecule has 82 valence electrons. The van der Waals surface area contributed by atoms with E-state index in [2.05, 4.69) is 5.16 Å². The molecule has 1 saturated heterocycles. The highest BCUT2D eigenvalue weighted by molar-refractivity contribution is 5.93. The van der Waals surface area contributed by atoms with Gasteiger partial charge in [0.15, 0.2) is 11.6 Å². The van der Waals surface area contributed by atoms with Gasteiger partial charge in [-0.2, -0.15) is 0 Å². The quantitative estimate of drug-likeness (QED) is 0.764. The van der Waals surface area contributed by atoms with Gasteiger partial charge in [0.2, 0.25) is 0 Å². The van der Waals surface area contributed by atoms with Crippen LogP contribution in [0.3, 0.4) is 0 Å². The van der Waals surface area contributed by atoms with Crippen molar-refractivity contribution in [1.82, 2.24) is 5.16 Å². The Morgan fingerprint density at radius 3 is 2.93 bits per heavy atom. The van der Waals surface area contributed by atoms with Crippen molar-refractivity contribution in [3.05, 3.63) is 11.3 Å². The third kappa shape index (κ3) is 1.80. The number of aromatic nitrogens is 1. The van der Waals surface area contributed by atoms with Crippen molar-refractivity contribution >= 4 is 11.8 Å². The van der Waals surface area contributed by atoms with Crippen molar-refractivity contribution in [2.24, 2.45) is 0 Å². The van der Waals surface area contributed by atoms with E-state index in [0.29, 0.717) is 6.61 Å². The minimum atomic E-state index is -1.13. The number of hydrogen-bond acceptors (Lipinski definition) is 5. The topological polar surface area (TPSA) is 98.6 Å². The molecule has 1 atom stereocenters. The molecule has 0 aromatic carbocycles. The van der Waals surface area contributed by atoms with Gasteiger partial charge in [0.25, 0.3) is 0 Å². The Kier molecular flexibility index (Phi) is 2.59. The molecular weight excluding hydrogens is 200 g/mol. The van der Waals surface area contributed by atoms with Gasteiger partial charge in [-0.3, -0.25) is 0 Å². The smallest absolute Gasteiger partial charge is 0.343 e. The summed E-state index contributed by atoms with van der Waals surface area (Å²) in [6, 6.07) is 0. The molecule has 0 aliphatic carbocycles. The molecule has 0 radical (unpaired) electrons. The molecule has 2 heterocycles. The molecule has 6 heteroatoms. The van der Waals surface area contributed by atoms with E-state index in [4.69, 9.17) is 20.1 Å². The zero-order valence-corrected chi connectivity index (χ0v) is 8.10. The number of rotatable bonds is 2. The van der Waals surface area contributed by atoms with E-state index in [-0.39, 0.29) is 23.2 Å². The standard InChI is InChI=1S/C9H12N2O4/c10-8-6(9(12)13)7(15-11-8)5-3-1-2-4-14-5/h5H,1-4H2,(H2,10,11)(H,12,13). The second-order valence-corrected chi connectivity index (χ2v) is 3.47. The first kappa shape index (κ1) is 9.97. The minimum Gasteiger partial charge on any atom is -0.477 e. The van der Waals surface area contributed by atoms with E-state index in [1.165, 1.54) is 0 Å². The first-order chi connectivity index (χ1) is 7.20. The predicted octanol–water partition coefficient (Wildman–Crippen LogP) is 1.20. The molecule has 1 fully saturated rings. The van der Waals surface area contributed by atoms with Crippen LogP contribution in [0, 0.1) is 0 Å². The summed E-state index contributed by atoms with van der Waals surface area (Å²) in [7, 11) is 0. The molecule has 1 aliphatic heterocycles. The maximum atomic E-state index is 10.9. The fourth-order valence-corrected chi connectivity index (χ4v) is 1.70. The van der Waals surface area contributed by atoms with Crippen LogP contribution in [0.4, 0.5) is 5.82 Å². The third-order valence-electron chi connectivity index (χ3n) is 2.43. The number of nitrogen functional groups attached to an aromatic ring is 1. The van der Waals surface area contributed by atoms with E-state index in [9.17, 15) is 4.79 Å². The van der Waals surface area contributed by atoms with Crippen LogP contribution in [0.15, 0.2) is 4.52 Å². The van der Waals surface area contributed by atoms with Crippen molar-refractivity contribution in [3.63, 3.8) is 0 Å². The van der Waals surface area contributed by atoms with Crippen LogP contribution in [0.5, 0.6) is 0 Å². The molecule has 0 spiro atoms. The van der Waals surface area contributed by atoms with Crippen LogP contribution in [0.1, 0.15) is 41.5 Å². The average molecular weight is 212 g/mol. The predicted molar refractivity (Wildman–Crippen MR) is 50.4 cm³/mol. The molecule has 3 N–H and O–H groups in total. The highest BCUT2D eigenvalue weighted by Crippen LogP contribution is 2.32. The Balaban J connectivity index is 2.30. The van der Waals surface area contributed by atoms with Crippen LogP contribution >= 0.6 is 0 Å². The third-order valence-corrected chi connectivity index (χ3v) is 2.43. The highest BCUT2D eigenvalue weighted by Gasteiger charge is 2.29. The summed E-state index contributed by atoms with van der Waals surface area (Å²) in [5.41, 5.74) is 5.34. The Morgan fingerprint density at radius 2 is 2.33 bits per heavy atom. The number of nitrogens with two attached hydrogens (primary N) is 1. The second kappa shape index (κ2) is 3.90. The molecular formula is C9H12N2O4. The molecule has 2 rings (SSSR count). The van der Waals surface area contributed by atoms with E-state index in [1.807, 2.05) is 0 Å². The Bertz CT molecular complexity index is 368. The SMILES string of the molecule is Nc1noc(C2CCCCO2)c1C(=O)O. The van der Waals surface area contributed by atoms with Crippen LogP contribution in [0.25, 0.3) is 0 Å². The summed E-state index contributed by atoms with van der Waals surface area (Å²) < 4.78 is 10.3. The molecule has 0 bridgehead atoms. The normalized spacial score (nSPS) is 21.5. The van der Waals surface area contributed by atoms with Crippen molar-refractivity contribution < 1.29 is 19.2 Å². The number of hydrogen-bond donors (Lipinski definition) is 2. The van der Waals surface area contributed by atoms with E-state index >= 15 is 0 Å². The van der Waals surface area contributed by atoms with Gasteiger partial charge in [-0.15, -0.1) is 0 Å². The van der Waals surface area contributed by atoms with Crippen molar-refractivity contribution in [2.75, 3.05) is 12.3 Å². The van der Waals surface area contributed by atoms with Gasteiger partial charge in [-0.05, 0) is 19.3 Å². The van der Waals surface area contributed by atoms with Gasteiger partial charge < -0.3 is 20.1 Å². The lowest BCUT2D eigenvalue weighted by Gasteiger charge is -2.20. The van der Waals surface area contributed by atoms with Crippen LogP contribution in [0.2, 0.25) is 0 Å². The summed E-state index contributed by atoms with van der Waals surface area (Å²) in [6.07, 6.45) is 2.40. The molecule has 0 amide bonds. The lowest BCUT2D eigenvalue weighted by Crippen LogP contribution is -2.14. The highest BCUT2D eigenvalue weighted by atomic mass is 16.5. The van der Waals surface area contributed by atoms with Crippen LogP contribution in [-0.2, 0) is 4.74 Å². The Labute approximate surface area is 86.0 Å². The number of carbonyl (C=O) groups is 1. The largest absolute Gasteiger partial charge is 0.477 e. The Morgan fingerprint density at radius 1 is 1.53 bits per heavy atom. The molecule has 1 aromatic rings. The summed E-state index contributed by atoms with van der Waals surface area (Å²) in [6.45, 7) is 0.615. The van der Waals surface area contributed by atoms with Gasteiger partial charge in [0.05, 0.1) is 0 Å². The summed E-state index contributed by atoms with van der Waals surface area (Å²) >= 11 is 0. The molecule has 15 heavy (non-hydrogen) atoms. The zero-order chi connectivity index (χ0) is 10.8. The first-order valence-electron chi connectivity index (χ1n) is 4.80. The van der Waals surface area contributed by atoms with Crippen LogP contribution < -0.4 is 5.73 Å². The average Bonchev–Trinajstić information content (AvgIpc) is 2.61. The van der Waals surface area contributed by atoms with E-state index in [1.54, 1.807) is 0 Å². The zero-order valence-electron chi connectivity index (χ0n) is 8.10.